The Morgan fingerprint density at radius 2 is 2.00 bits per heavy atom. The molecular formula is C3H6Cl3GeNO. The first-order chi connectivity index (χ1) is 3.89. The van der Waals surface area contributed by atoms with E-state index < -0.39 is 14.5 Å². The van der Waals surface area contributed by atoms with Crippen LogP contribution in [0.1, 0.15) is 0 Å². The zero-order valence-corrected chi connectivity index (χ0v) is 11.2. The van der Waals surface area contributed by atoms with Crippen LogP contribution in [0.15, 0.2) is 0 Å². The predicted molar refractivity (Wildman–Crippen MR) is 43.2 cm³/mol. The first kappa shape index (κ1) is 9.88. The van der Waals surface area contributed by atoms with Gasteiger partial charge in [0.05, 0.1) is 0 Å². The molecule has 1 unspecified atom stereocenters. The fourth-order valence-electron chi connectivity index (χ4n) is 0.196. The van der Waals surface area contributed by atoms with Crippen molar-refractivity contribution in [2.24, 2.45) is 5.73 Å². The number of rotatable bonds is 2. The Labute approximate surface area is 76.2 Å². The standard InChI is InChI=1S/C3H6Cl3GeNO/c4-1(7)3(5,6)2(8)9/h1H,7H3,(H2,8,9). The second-order valence-corrected chi connectivity index (χ2v) is 7.60. The van der Waals surface area contributed by atoms with Crippen molar-refractivity contribution in [3.05, 3.63) is 0 Å². The Morgan fingerprint density at radius 3 is 2.00 bits per heavy atom. The van der Waals surface area contributed by atoms with Crippen molar-refractivity contribution in [1.29, 1.82) is 0 Å². The Hall–Kier alpha value is 0.883. The summed E-state index contributed by atoms with van der Waals surface area (Å²) in [7, 11) is 0. The average molecular weight is 251 g/mol. The van der Waals surface area contributed by atoms with E-state index in [-0.39, 0.29) is 16.5 Å². The summed E-state index contributed by atoms with van der Waals surface area (Å²) in [6.07, 6.45) is 0. The molecule has 1 atom stereocenters. The summed E-state index contributed by atoms with van der Waals surface area (Å²) in [4.78, 5) is 10.4. The van der Waals surface area contributed by atoms with Crippen molar-refractivity contribution in [2.45, 2.75) is 8.54 Å². The predicted octanol–water partition coefficient (Wildman–Crippen LogP) is -0.424. The maximum absolute atomic E-state index is 10.4. The molecule has 0 heterocycles. The maximum atomic E-state index is 10.4. The molecule has 0 aliphatic rings. The summed E-state index contributed by atoms with van der Waals surface area (Å²) < 4.78 is -2.06. The van der Waals surface area contributed by atoms with Gasteiger partial charge in [-0.2, -0.15) is 0 Å². The van der Waals surface area contributed by atoms with Crippen LogP contribution in [0.25, 0.3) is 0 Å². The summed E-state index contributed by atoms with van der Waals surface area (Å²) >= 11 is 16.5. The zero-order valence-electron chi connectivity index (χ0n) is 4.70. The molecule has 0 saturated heterocycles. The van der Waals surface area contributed by atoms with Gasteiger partial charge in [0.15, 0.2) is 0 Å². The van der Waals surface area contributed by atoms with Crippen molar-refractivity contribution in [3.8, 4) is 0 Å². The van der Waals surface area contributed by atoms with Crippen molar-refractivity contribution >= 4 is 57.2 Å². The van der Waals surface area contributed by atoms with Gasteiger partial charge in [-0.1, -0.05) is 0 Å². The zero-order chi connectivity index (χ0) is 7.65. The van der Waals surface area contributed by atoms with Crippen LogP contribution >= 0.6 is 34.8 Å². The van der Waals surface area contributed by atoms with Crippen LogP contribution in [-0.4, -0.2) is 31.0 Å². The molecule has 0 spiro atoms. The van der Waals surface area contributed by atoms with E-state index >= 15 is 0 Å². The number of primary amides is 1. The van der Waals surface area contributed by atoms with Gasteiger partial charge in [0.2, 0.25) is 0 Å². The van der Waals surface area contributed by atoms with E-state index in [1.807, 2.05) is 0 Å². The van der Waals surface area contributed by atoms with Gasteiger partial charge >= 0.3 is 76.3 Å². The third-order valence-corrected chi connectivity index (χ3v) is 5.76. The molecule has 0 aromatic rings. The van der Waals surface area contributed by atoms with Crippen LogP contribution in [0, 0.1) is 0 Å². The quantitative estimate of drug-likeness (QED) is 0.525. The van der Waals surface area contributed by atoms with Crippen LogP contribution in [-0.2, 0) is 4.79 Å². The number of hydrogen-bond donors (Lipinski definition) is 1. The molecule has 2 nitrogen and oxygen atoms in total. The second-order valence-electron chi connectivity index (χ2n) is 1.60. The number of carbonyl (C=O) groups is 1. The number of carbonyl (C=O) groups excluding carboxylic acids is 1. The van der Waals surface area contributed by atoms with Gasteiger partial charge in [-0.3, -0.25) is 0 Å². The molecule has 6 heteroatoms. The van der Waals surface area contributed by atoms with E-state index in [1.54, 1.807) is 0 Å². The minimum atomic E-state index is -1.57. The van der Waals surface area contributed by atoms with Gasteiger partial charge in [-0.25, -0.2) is 0 Å². The van der Waals surface area contributed by atoms with Crippen molar-refractivity contribution in [1.82, 2.24) is 0 Å². The molecule has 1 amide bonds. The molecule has 0 aliphatic carbocycles. The number of nitrogens with two attached hydrogens (primary N) is 1. The molecule has 0 fully saturated rings. The van der Waals surface area contributed by atoms with Crippen molar-refractivity contribution < 1.29 is 4.79 Å². The Balaban J connectivity index is 4.19. The SMILES string of the molecule is NC(=O)C(Cl)(Cl)[CH](Cl)[GeH3]. The molecule has 0 radical (unpaired) electrons. The third kappa shape index (κ3) is 2.54. The molecule has 0 aromatic carbocycles. The summed E-state index contributed by atoms with van der Waals surface area (Å²) in [5.74, 6) is -0.779. The van der Waals surface area contributed by atoms with E-state index in [1.165, 1.54) is 0 Å². The second kappa shape index (κ2) is 3.33. The fraction of sp³-hybridized carbons (Fsp3) is 0.667. The fourth-order valence-corrected chi connectivity index (χ4v) is 0.901. The molecule has 2 N–H and O–H groups in total. The Kier molecular flexibility index (Phi) is 3.65. The van der Waals surface area contributed by atoms with E-state index in [0.29, 0.717) is 0 Å². The van der Waals surface area contributed by atoms with E-state index in [0.717, 1.165) is 0 Å². The number of halogens is 3. The molecule has 0 aromatic heterocycles. The van der Waals surface area contributed by atoms with Gasteiger partial charge in [-0.05, 0) is 0 Å². The first-order valence-electron chi connectivity index (χ1n) is 2.21. The summed E-state index contributed by atoms with van der Waals surface area (Å²) in [6.45, 7) is 0. The third-order valence-electron chi connectivity index (χ3n) is 0.828. The van der Waals surface area contributed by atoms with Gasteiger partial charge in [0, 0.05) is 0 Å². The van der Waals surface area contributed by atoms with Crippen LogP contribution in [0.3, 0.4) is 0 Å². The molecule has 0 rings (SSSR count). The number of hydrogen-bond acceptors (Lipinski definition) is 1. The van der Waals surface area contributed by atoms with Crippen LogP contribution in [0.5, 0.6) is 0 Å². The number of amides is 1. The molecule has 0 bridgehead atoms. The van der Waals surface area contributed by atoms with Crippen molar-refractivity contribution in [2.75, 3.05) is 0 Å². The van der Waals surface area contributed by atoms with Crippen LogP contribution in [0.2, 0.25) is 0 Å². The normalized spacial score (nSPS) is 15.4. The van der Waals surface area contributed by atoms with Gasteiger partial charge in [0.25, 0.3) is 0 Å². The average Bonchev–Trinajstić information content (AvgIpc) is 1.65. The van der Waals surface area contributed by atoms with Crippen LogP contribution < -0.4 is 5.73 Å². The Morgan fingerprint density at radius 1 is 1.67 bits per heavy atom. The van der Waals surface area contributed by atoms with Gasteiger partial charge in [-0.15, -0.1) is 0 Å². The van der Waals surface area contributed by atoms with Gasteiger partial charge in [0.1, 0.15) is 0 Å². The van der Waals surface area contributed by atoms with Crippen molar-refractivity contribution in [3.63, 3.8) is 0 Å². The molecule has 9 heavy (non-hydrogen) atoms. The minimum absolute atomic E-state index is 0.188. The monoisotopic (exact) mass is 251 g/mol. The molecular weight excluding hydrogens is 245 g/mol. The van der Waals surface area contributed by atoms with E-state index in [2.05, 4.69) is 0 Å². The first-order valence-corrected chi connectivity index (χ1v) is 5.82. The topological polar surface area (TPSA) is 43.1 Å². The van der Waals surface area contributed by atoms with Gasteiger partial charge < -0.3 is 0 Å². The van der Waals surface area contributed by atoms with E-state index in [9.17, 15) is 4.79 Å². The molecule has 0 saturated carbocycles. The molecule has 54 valence electrons. The van der Waals surface area contributed by atoms with E-state index in [4.69, 9.17) is 40.5 Å². The summed E-state index contributed by atoms with van der Waals surface area (Å²) in [5.41, 5.74) is 4.81. The summed E-state index contributed by atoms with van der Waals surface area (Å²) in [6, 6.07) is 0. The Bertz CT molecular complexity index is 126. The van der Waals surface area contributed by atoms with Crippen LogP contribution in [0.4, 0.5) is 0 Å². The number of alkyl halides is 3. The summed E-state index contributed by atoms with van der Waals surface area (Å²) in [5, 5.41) is 0. The molecule has 0 aliphatic heterocycles.